The maximum absolute atomic E-state index is 13.2. The van der Waals surface area contributed by atoms with Crippen molar-refractivity contribution in [3.63, 3.8) is 0 Å². The van der Waals surface area contributed by atoms with Crippen molar-refractivity contribution in [2.24, 2.45) is 11.1 Å². The highest BCUT2D eigenvalue weighted by atomic mass is 35.5. The first-order valence-corrected chi connectivity index (χ1v) is 9.26. The third kappa shape index (κ3) is 3.36. The Morgan fingerprint density at radius 1 is 1.06 bits per heavy atom. The molecule has 7 nitrogen and oxygen atoms in total. The highest BCUT2D eigenvalue weighted by Crippen LogP contribution is 2.41. The van der Waals surface area contributed by atoms with Crippen LogP contribution >= 0.6 is 11.6 Å². The van der Waals surface area contributed by atoms with Crippen molar-refractivity contribution in [2.45, 2.75) is 12.3 Å². The van der Waals surface area contributed by atoms with Crippen molar-refractivity contribution in [1.82, 2.24) is 0 Å². The highest BCUT2D eigenvalue weighted by molar-refractivity contribution is 6.38. The molecule has 31 heavy (non-hydrogen) atoms. The van der Waals surface area contributed by atoms with Gasteiger partial charge in [0.25, 0.3) is 5.91 Å². The SMILES string of the molecule is COc1ccc(OC)c(C2=NO[C@H]3C(=O)N(c4cc(C(F)(F)F)ccc4Cl)C(=O)[C@H]23)c1. The third-order valence-electron chi connectivity index (χ3n) is 5.01. The number of benzene rings is 2. The number of hydrogen-bond donors (Lipinski definition) is 0. The maximum Gasteiger partial charge on any atom is 0.416 e. The molecule has 0 unspecified atom stereocenters. The van der Waals surface area contributed by atoms with Crippen LogP contribution in [0.5, 0.6) is 11.5 Å². The second-order valence-electron chi connectivity index (χ2n) is 6.72. The van der Waals surface area contributed by atoms with Crippen molar-refractivity contribution in [3.8, 4) is 11.5 Å². The summed E-state index contributed by atoms with van der Waals surface area (Å²) < 4.78 is 49.9. The van der Waals surface area contributed by atoms with E-state index in [-0.39, 0.29) is 16.4 Å². The number of rotatable bonds is 4. The van der Waals surface area contributed by atoms with Crippen molar-refractivity contribution in [1.29, 1.82) is 0 Å². The van der Waals surface area contributed by atoms with Crippen LogP contribution in [0.1, 0.15) is 11.1 Å². The molecule has 2 aromatic carbocycles. The zero-order chi connectivity index (χ0) is 22.5. The number of nitrogens with zero attached hydrogens (tertiary/aromatic N) is 2. The fraction of sp³-hybridized carbons (Fsp3) is 0.250. The number of fused-ring (bicyclic) bond motifs is 1. The third-order valence-corrected chi connectivity index (χ3v) is 5.33. The van der Waals surface area contributed by atoms with Crippen LogP contribution in [-0.4, -0.2) is 37.8 Å². The molecule has 1 saturated heterocycles. The van der Waals surface area contributed by atoms with E-state index in [0.717, 1.165) is 12.1 Å². The van der Waals surface area contributed by atoms with Crippen LogP contribution in [-0.2, 0) is 20.6 Å². The van der Waals surface area contributed by atoms with Crippen LogP contribution in [0.3, 0.4) is 0 Å². The first-order valence-electron chi connectivity index (χ1n) is 8.88. The van der Waals surface area contributed by atoms with Crippen LogP contribution in [0.4, 0.5) is 18.9 Å². The number of ether oxygens (including phenoxy) is 2. The fourth-order valence-electron chi connectivity index (χ4n) is 3.51. The van der Waals surface area contributed by atoms with Crippen molar-refractivity contribution >= 4 is 34.8 Å². The Balaban J connectivity index is 1.76. The van der Waals surface area contributed by atoms with Crippen molar-refractivity contribution in [2.75, 3.05) is 19.1 Å². The monoisotopic (exact) mass is 454 g/mol. The van der Waals surface area contributed by atoms with Gasteiger partial charge in [0.1, 0.15) is 23.1 Å². The number of carbonyl (C=O) groups is 2. The van der Waals surface area contributed by atoms with Crippen LogP contribution < -0.4 is 14.4 Å². The zero-order valence-corrected chi connectivity index (χ0v) is 16.8. The summed E-state index contributed by atoms with van der Waals surface area (Å²) in [6.07, 6.45) is -6.01. The molecule has 2 aromatic rings. The molecule has 4 rings (SSSR count). The average molecular weight is 455 g/mol. The number of oxime groups is 1. The zero-order valence-electron chi connectivity index (χ0n) is 16.1. The van der Waals surface area contributed by atoms with Gasteiger partial charge in [-0.1, -0.05) is 16.8 Å². The molecule has 2 atom stereocenters. The Morgan fingerprint density at radius 3 is 2.45 bits per heavy atom. The molecule has 0 saturated carbocycles. The van der Waals surface area contributed by atoms with Crippen molar-refractivity contribution in [3.05, 3.63) is 52.5 Å². The van der Waals surface area contributed by atoms with Gasteiger partial charge in [-0.2, -0.15) is 13.2 Å². The van der Waals surface area contributed by atoms with E-state index in [1.54, 1.807) is 18.2 Å². The number of amides is 2. The molecule has 0 aromatic heterocycles. The Labute approximate surface area is 178 Å². The number of anilines is 1. The summed E-state index contributed by atoms with van der Waals surface area (Å²) in [4.78, 5) is 31.9. The molecule has 0 radical (unpaired) electrons. The molecule has 2 aliphatic rings. The topological polar surface area (TPSA) is 77.4 Å². The lowest BCUT2D eigenvalue weighted by Crippen LogP contribution is -2.33. The molecule has 162 valence electrons. The summed E-state index contributed by atoms with van der Waals surface area (Å²) in [6, 6.07) is 7.18. The second kappa shape index (κ2) is 7.45. The first-order chi connectivity index (χ1) is 14.7. The predicted molar refractivity (Wildman–Crippen MR) is 103 cm³/mol. The number of alkyl halides is 3. The summed E-state index contributed by atoms with van der Waals surface area (Å²) in [5.41, 5.74) is -0.965. The standard InChI is InChI=1S/C20H14ClF3N2O5/c1-29-10-4-6-14(30-2)11(8-10)16-15-17(31-25-16)19(28)26(18(15)27)13-7-9(20(22,23)24)3-5-12(13)21/h3-8,15,17H,1-2H3/t15-,17-/m1/s1. The molecule has 2 heterocycles. The fourth-order valence-corrected chi connectivity index (χ4v) is 3.71. The van der Waals surface area contributed by atoms with Gasteiger partial charge in [-0.05, 0) is 36.4 Å². The predicted octanol–water partition coefficient (Wildman–Crippen LogP) is 3.67. The van der Waals surface area contributed by atoms with Gasteiger partial charge in [0.05, 0.1) is 30.5 Å². The highest BCUT2D eigenvalue weighted by Gasteiger charge is 2.57. The summed E-state index contributed by atoms with van der Waals surface area (Å²) in [5.74, 6) is -2.07. The minimum atomic E-state index is -4.68. The number of halogens is 4. The number of carbonyl (C=O) groups excluding carboxylic acids is 2. The number of imide groups is 1. The minimum absolute atomic E-state index is 0.102. The van der Waals surface area contributed by atoms with Gasteiger partial charge in [0.15, 0.2) is 0 Å². The lowest BCUT2D eigenvalue weighted by Gasteiger charge is -2.19. The van der Waals surface area contributed by atoms with Gasteiger partial charge < -0.3 is 14.3 Å². The average Bonchev–Trinajstić information content (AvgIpc) is 3.27. The van der Waals surface area contributed by atoms with E-state index in [2.05, 4.69) is 5.16 Å². The van der Waals surface area contributed by atoms with E-state index in [9.17, 15) is 22.8 Å². The molecule has 0 bridgehead atoms. The van der Waals surface area contributed by atoms with Gasteiger partial charge in [-0.25, -0.2) is 4.90 Å². The molecular formula is C20H14ClF3N2O5. The van der Waals surface area contributed by atoms with Gasteiger partial charge in [0, 0.05) is 5.56 Å². The summed E-state index contributed by atoms with van der Waals surface area (Å²) in [6.45, 7) is 0. The van der Waals surface area contributed by atoms with Gasteiger partial charge in [-0.15, -0.1) is 0 Å². The van der Waals surface area contributed by atoms with Gasteiger partial charge in [0.2, 0.25) is 12.0 Å². The normalized spacial score (nSPS) is 20.5. The first kappa shape index (κ1) is 21.0. The number of methoxy groups -OCH3 is 2. The molecule has 2 amide bonds. The van der Waals surface area contributed by atoms with Crippen molar-refractivity contribution < 1.29 is 37.1 Å². The lowest BCUT2D eigenvalue weighted by atomic mass is 9.93. The Morgan fingerprint density at radius 2 is 1.81 bits per heavy atom. The van der Waals surface area contributed by atoms with Crippen LogP contribution in [0, 0.1) is 5.92 Å². The molecule has 1 fully saturated rings. The molecular weight excluding hydrogens is 441 g/mol. The van der Waals surface area contributed by atoms with Crippen LogP contribution in [0.2, 0.25) is 5.02 Å². The Bertz CT molecular complexity index is 1120. The number of hydrogen-bond acceptors (Lipinski definition) is 6. The summed E-state index contributed by atoms with van der Waals surface area (Å²) in [5, 5.41) is 3.69. The van der Waals surface area contributed by atoms with E-state index in [4.69, 9.17) is 25.9 Å². The minimum Gasteiger partial charge on any atom is -0.497 e. The van der Waals surface area contributed by atoms with Crippen LogP contribution in [0.15, 0.2) is 41.6 Å². The van der Waals surface area contributed by atoms with E-state index >= 15 is 0 Å². The van der Waals surface area contributed by atoms with E-state index in [1.165, 1.54) is 14.2 Å². The Hall–Kier alpha value is -3.27. The Kier molecular flexibility index (Phi) is 5.04. The maximum atomic E-state index is 13.2. The quantitative estimate of drug-likeness (QED) is 0.659. The molecule has 11 heteroatoms. The smallest absolute Gasteiger partial charge is 0.416 e. The molecule has 0 N–H and O–H groups in total. The summed E-state index contributed by atoms with van der Waals surface area (Å²) >= 11 is 6.03. The summed E-state index contributed by atoms with van der Waals surface area (Å²) in [7, 11) is 2.86. The van der Waals surface area contributed by atoms with E-state index in [0.29, 0.717) is 28.0 Å². The van der Waals surface area contributed by atoms with Gasteiger partial charge in [-0.3, -0.25) is 9.59 Å². The van der Waals surface area contributed by atoms with E-state index in [1.807, 2.05) is 0 Å². The van der Waals surface area contributed by atoms with Gasteiger partial charge >= 0.3 is 6.18 Å². The van der Waals surface area contributed by atoms with Crippen LogP contribution in [0.25, 0.3) is 0 Å². The molecule has 0 spiro atoms. The molecule has 2 aliphatic heterocycles. The van der Waals surface area contributed by atoms with E-state index < -0.39 is 35.6 Å². The lowest BCUT2D eigenvalue weighted by molar-refractivity contribution is -0.137. The second-order valence-corrected chi connectivity index (χ2v) is 7.13. The largest absolute Gasteiger partial charge is 0.497 e. The molecule has 0 aliphatic carbocycles.